The average molecular weight is 468 g/mol. The molecule has 1 amide bonds. The Bertz CT molecular complexity index is 864. The normalized spacial score (nSPS) is 14.2. The van der Waals surface area contributed by atoms with Crippen molar-refractivity contribution in [3.05, 3.63) is 42.1 Å². The zero-order valence-corrected chi connectivity index (χ0v) is 21.2. The molecule has 34 heavy (non-hydrogen) atoms. The maximum absolute atomic E-state index is 13.6. The summed E-state index contributed by atoms with van der Waals surface area (Å²) in [7, 11) is 4.09. The van der Waals surface area contributed by atoms with Crippen molar-refractivity contribution in [2.24, 2.45) is 0 Å². The molecule has 186 valence electrons. The van der Waals surface area contributed by atoms with Crippen LogP contribution in [-0.2, 0) is 0 Å². The van der Waals surface area contributed by atoms with Gasteiger partial charge in [0.15, 0.2) is 0 Å². The largest absolute Gasteiger partial charge is 0.494 e. The molecular formula is C27H41N5O2. The Hall–Kier alpha value is -2.67. The molecule has 1 fully saturated rings. The summed E-state index contributed by atoms with van der Waals surface area (Å²) in [5, 5.41) is 0. The van der Waals surface area contributed by atoms with Crippen molar-refractivity contribution in [1.29, 1.82) is 0 Å². The number of hydrogen-bond donors (Lipinski definition) is 0. The first-order valence-corrected chi connectivity index (χ1v) is 12.9. The summed E-state index contributed by atoms with van der Waals surface area (Å²) in [4.78, 5) is 29.1. The SMILES string of the molecule is CCCCCOc1ccc(C(=O)N(CCCN(C)C)c2nccc(N3CCCCCC3)n2)cc1. The summed E-state index contributed by atoms with van der Waals surface area (Å²) in [5.41, 5.74) is 0.620. The molecule has 0 unspecified atom stereocenters. The summed E-state index contributed by atoms with van der Waals surface area (Å²) in [5.74, 6) is 2.11. The molecule has 1 aliphatic heterocycles. The Morgan fingerprint density at radius 2 is 1.71 bits per heavy atom. The number of hydrogen-bond acceptors (Lipinski definition) is 6. The van der Waals surface area contributed by atoms with Crippen molar-refractivity contribution < 1.29 is 9.53 Å². The second-order valence-corrected chi connectivity index (χ2v) is 9.31. The number of amides is 1. The monoisotopic (exact) mass is 467 g/mol. The minimum Gasteiger partial charge on any atom is -0.494 e. The van der Waals surface area contributed by atoms with Crippen LogP contribution in [0.1, 0.15) is 68.6 Å². The number of rotatable bonds is 12. The van der Waals surface area contributed by atoms with E-state index in [0.29, 0.717) is 24.7 Å². The van der Waals surface area contributed by atoms with Crippen LogP contribution in [0.25, 0.3) is 0 Å². The zero-order chi connectivity index (χ0) is 24.2. The molecule has 0 radical (unpaired) electrons. The molecular weight excluding hydrogens is 426 g/mol. The third-order valence-corrected chi connectivity index (χ3v) is 6.15. The molecule has 1 aromatic carbocycles. The first kappa shape index (κ1) is 25.9. The lowest BCUT2D eigenvalue weighted by Gasteiger charge is -2.25. The maximum atomic E-state index is 13.6. The number of anilines is 2. The quantitative estimate of drug-likeness (QED) is 0.408. The Labute approximate surface area is 205 Å². The Balaban J connectivity index is 1.76. The van der Waals surface area contributed by atoms with Gasteiger partial charge in [-0.1, -0.05) is 32.6 Å². The van der Waals surface area contributed by atoms with E-state index in [1.807, 2.05) is 44.4 Å². The molecule has 0 saturated carbocycles. The summed E-state index contributed by atoms with van der Waals surface area (Å²) in [6.45, 7) is 6.35. The highest BCUT2D eigenvalue weighted by Crippen LogP contribution is 2.22. The van der Waals surface area contributed by atoms with Gasteiger partial charge in [-0.25, -0.2) is 4.98 Å². The number of aromatic nitrogens is 2. The van der Waals surface area contributed by atoms with E-state index in [1.54, 1.807) is 11.1 Å². The van der Waals surface area contributed by atoms with E-state index in [0.717, 1.165) is 50.5 Å². The molecule has 1 saturated heterocycles. The van der Waals surface area contributed by atoms with Crippen molar-refractivity contribution in [3.63, 3.8) is 0 Å². The molecule has 2 aromatic rings. The molecule has 0 aliphatic carbocycles. The van der Waals surface area contributed by atoms with E-state index >= 15 is 0 Å². The zero-order valence-electron chi connectivity index (χ0n) is 21.2. The van der Waals surface area contributed by atoms with Crippen LogP contribution >= 0.6 is 0 Å². The smallest absolute Gasteiger partial charge is 0.260 e. The molecule has 1 aliphatic rings. The first-order chi connectivity index (χ1) is 16.6. The van der Waals surface area contributed by atoms with Crippen LogP contribution in [0.2, 0.25) is 0 Å². The van der Waals surface area contributed by atoms with Gasteiger partial charge >= 0.3 is 0 Å². The number of carbonyl (C=O) groups excluding carboxylic acids is 1. The van der Waals surface area contributed by atoms with Gasteiger partial charge in [0, 0.05) is 31.4 Å². The molecule has 0 N–H and O–H groups in total. The molecule has 2 heterocycles. The van der Waals surface area contributed by atoms with E-state index < -0.39 is 0 Å². The number of carbonyl (C=O) groups is 1. The Morgan fingerprint density at radius 3 is 2.38 bits per heavy atom. The number of benzene rings is 1. The van der Waals surface area contributed by atoms with Gasteiger partial charge < -0.3 is 14.5 Å². The van der Waals surface area contributed by atoms with Crippen LogP contribution in [0.15, 0.2) is 36.5 Å². The average Bonchev–Trinajstić information content (AvgIpc) is 3.14. The summed E-state index contributed by atoms with van der Waals surface area (Å²) >= 11 is 0. The van der Waals surface area contributed by atoms with E-state index in [2.05, 4.69) is 21.7 Å². The Morgan fingerprint density at radius 1 is 0.971 bits per heavy atom. The van der Waals surface area contributed by atoms with E-state index in [4.69, 9.17) is 9.72 Å². The summed E-state index contributed by atoms with van der Waals surface area (Å²) in [6, 6.07) is 9.41. The van der Waals surface area contributed by atoms with Crippen molar-refractivity contribution in [2.75, 3.05) is 56.7 Å². The van der Waals surface area contributed by atoms with Crippen molar-refractivity contribution in [2.45, 2.75) is 58.3 Å². The molecule has 1 aromatic heterocycles. The third kappa shape index (κ3) is 7.97. The fourth-order valence-electron chi connectivity index (χ4n) is 4.17. The minimum atomic E-state index is -0.0793. The topological polar surface area (TPSA) is 61.8 Å². The lowest BCUT2D eigenvalue weighted by Crippen LogP contribution is -2.35. The minimum absolute atomic E-state index is 0.0793. The number of ether oxygens (including phenoxy) is 1. The number of nitrogens with zero attached hydrogens (tertiary/aromatic N) is 5. The van der Waals surface area contributed by atoms with Crippen LogP contribution in [0.4, 0.5) is 11.8 Å². The molecule has 0 bridgehead atoms. The standard InChI is InChI=1S/C27H41N5O2/c1-4-5-10-22-34-24-14-12-23(13-15-24)26(33)32(21-11-18-30(2)3)27-28-17-16-25(29-27)31-19-8-6-7-9-20-31/h12-17H,4-11,18-22H2,1-3H3. The maximum Gasteiger partial charge on any atom is 0.260 e. The third-order valence-electron chi connectivity index (χ3n) is 6.15. The highest BCUT2D eigenvalue weighted by atomic mass is 16.5. The number of unbranched alkanes of at least 4 members (excludes halogenated alkanes) is 2. The van der Waals surface area contributed by atoms with Crippen molar-refractivity contribution in [1.82, 2.24) is 14.9 Å². The predicted octanol–water partition coefficient (Wildman–Crippen LogP) is 5.02. The first-order valence-electron chi connectivity index (χ1n) is 12.9. The molecule has 0 atom stereocenters. The van der Waals surface area contributed by atoms with Gasteiger partial charge in [0.05, 0.1) is 6.61 Å². The van der Waals surface area contributed by atoms with Gasteiger partial charge in [-0.2, -0.15) is 4.98 Å². The van der Waals surface area contributed by atoms with E-state index in [9.17, 15) is 4.79 Å². The van der Waals surface area contributed by atoms with Crippen molar-refractivity contribution in [3.8, 4) is 5.75 Å². The second kappa shape index (κ2) is 13.9. The van der Waals surface area contributed by atoms with Gasteiger partial charge in [0.2, 0.25) is 5.95 Å². The fraction of sp³-hybridized carbons (Fsp3) is 0.593. The second-order valence-electron chi connectivity index (χ2n) is 9.31. The molecule has 7 heteroatoms. The molecule has 7 nitrogen and oxygen atoms in total. The summed E-state index contributed by atoms with van der Waals surface area (Å²) in [6.07, 6.45) is 10.9. The van der Waals surface area contributed by atoms with Gasteiger partial charge in [-0.15, -0.1) is 0 Å². The van der Waals surface area contributed by atoms with Gasteiger partial charge in [-0.05, 0) is 76.7 Å². The Kier molecular flexibility index (Phi) is 10.6. The van der Waals surface area contributed by atoms with Crippen LogP contribution in [0, 0.1) is 0 Å². The van der Waals surface area contributed by atoms with Gasteiger partial charge in [0.1, 0.15) is 11.6 Å². The van der Waals surface area contributed by atoms with E-state index in [1.165, 1.54) is 32.1 Å². The van der Waals surface area contributed by atoms with Gasteiger partial charge in [-0.3, -0.25) is 9.69 Å². The highest BCUT2D eigenvalue weighted by Gasteiger charge is 2.22. The fourth-order valence-corrected chi connectivity index (χ4v) is 4.17. The van der Waals surface area contributed by atoms with E-state index in [-0.39, 0.29) is 5.91 Å². The summed E-state index contributed by atoms with van der Waals surface area (Å²) < 4.78 is 5.81. The van der Waals surface area contributed by atoms with Crippen molar-refractivity contribution >= 4 is 17.7 Å². The predicted molar refractivity (Wildman–Crippen MR) is 139 cm³/mol. The lowest BCUT2D eigenvalue weighted by molar-refractivity contribution is 0.0984. The van der Waals surface area contributed by atoms with Crippen LogP contribution in [0.5, 0.6) is 5.75 Å². The molecule has 3 rings (SSSR count). The lowest BCUT2D eigenvalue weighted by atomic mass is 10.2. The van der Waals surface area contributed by atoms with Crippen LogP contribution in [-0.4, -0.2) is 67.7 Å². The molecule has 0 spiro atoms. The van der Waals surface area contributed by atoms with Crippen LogP contribution < -0.4 is 14.5 Å². The van der Waals surface area contributed by atoms with Gasteiger partial charge in [0.25, 0.3) is 5.91 Å². The highest BCUT2D eigenvalue weighted by molar-refractivity contribution is 6.05. The van der Waals surface area contributed by atoms with Crippen LogP contribution in [0.3, 0.4) is 0 Å².